The Labute approximate surface area is 126 Å². The van der Waals surface area contributed by atoms with Crippen LogP contribution in [0.25, 0.3) is 0 Å². The zero-order valence-electron chi connectivity index (χ0n) is 13.0. The van der Waals surface area contributed by atoms with Crippen molar-refractivity contribution in [1.29, 1.82) is 0 Å². The summed E-state index contributed by atoms with van der Waals surface area (Å²) in [4.78, 5) is 27.8. The number of unbranched alkanes of at least 4 members (excludes halogenated alkanes) is 1. The maximum atomic E-state index is 12.8. The molecule has 1 aliphatic heterocycles. The predicted octanol–water partition coefficient (Wildman–Crippen LogP) is 1.79. The molecule has 2 aliphatic rings. The Balaban J connectivity index is 2.07. The van der Waals surface area contributed by atoms with Gasteiger partial charge in [-0.25, -0.2) is 4.79 Å². The number of nitrogens with zero attached hydrogens (tertiary/aromatic N) is 2. The van der Waals surface area contributed by atoms with Crippen LogP contribution in [-0.4, -0.2) is 65.3 Å². The highest BCUT2D eigenvalue weighted by molar-refractivity contribution is 5.78. The van der Waals surface area contributed by atoms with Crippen molar-refractivity contribution in [2.45, 2.75) is 51.6 Å². The van der Waals surface area contributed by atoms with Crippen molar-refractivity contribution < 1.29 is 19.4 Å². The Kier molecular flexibility index (Phi) is 5.45. The van der Waals surface area contributed by atoms with Gasteiger partial charge in [0.05, 0.1) is 19.3 Å². The molecular weight excluding hydrogens is 272 g/mol. The van der Waals surface area contributed by atoms with Crippen LogP contribution in [0.5, 0.6) is 0 Å². The summed E-state index contributed by atoms with van der Waals surface area (Å²) < 4.78 is 5.31. The monoisotopic (exact) mass is 298 g/mol. The van der Waals surface area contributed by atoms with E-state index < -0.39 is 11.9 Å². The summed E-state index contributed by atoms with van der Waals surface area (Å²) in [5, 5.41) is 9.28. The largest absolute Gasteiger partial charge is 0.481 e. The molecule has 2 fully saturated rings. The Hall–Kier alpha value is -1.30. The van der Waals surface area contributed by atoms with Crippen LogP contribution in [-0.2, 0) is 9.53 Å². The van der Waals surface area contributed by atoms with Crippen LogP contribution in [0.2, 0.25) is 0 Å². The number of aliphatic carboxylic acids is 1. The zero-order chi connectivity index (χ0) is 15.4. The van der Waals surface area contributed by atoms with Crippen molar-refractivity contribution in [3.05, 3.63) is 0 Å². The number of hydrogen-bond acceptors (Lipinski definition) is 3. The lowest BCUT2D eigenvalue weighted by molar-refractivity contribution is -0.142. The molecule has 2 rings (SSSR count). The Morgan fingerprint density at radius 2 is 1.90 bits per heavy atom. The Morgan fingerprint density at radius 1 is 1.19 bits per heavy atom. The van der Waals surface area contributed by atoms with E-state index in [1.54, 1.807) is 4.90 Å². The third-order valence-electron chi connectivity index (χ3n) is 4.34. The number of urea groups is 1. The number of carboxylic acids is 1. The number of carbonyl (C=O) groups is 2. The molecular formula is C15H26N2O4. The molecule has 120 valence electrons. The van der Waals surface area contributed by atoms with Gasteiger partial charge in [-0.3, -0.25) is 4.79 Å². The van der Waals surface area contributed by atoms with Gasteiger partial charge in [-0.15, -0.1) is 0 Å². The minimum atomic E-state index is -0.879. The van der Waals surface area contributed by atoms with Gasteiger partial charge < -0.3 is 19.6 Å². The highest BCUT2D eigenvalue weighted by atomic mass is 16.5. The predicted molar refractivity (Wildman–Crippen MR) is 78.1 cm³/mol. The smallest absolute Gasteiger partial charge is 0.320 e. The molecule has 6 heteroatoms. The first-order valence-corrected chi connectivity index (χ1v) is 7.97. The van der Waals surface area contributed by atoms with Crippen molar-refractivity contribution >= 4 is 12.0 Å². The Bertz CT molecular complexity index is 384. The molecule has 0 bridgehead atoms. The van der Waals surface area contributed by atoms with E-state index in [0.717, 1.165) is 32.2 Å². The van der Waals surface area contributed by atoms with Crippen molar-refractivity contribution in [1.82, 2.24) is 9.80 Å². The minimum absolute atomic E-state index is 0.0183. The van der Waals surface area contributed by atoms with Crippen molar-refractivity contribution in [2.75, 3.05) is 26.3 Å². The lowest BCUT2D eigenvalue weighted by Crippen LogP contribution is -2.52. The van der Waals surface area contributed by atoms with E-state index in [2.05, 4.69) is 6.92 Å². The fourth-order valence-electron chi connectivity index (χ4n) is 2.91. The normalized spacial score (nSPS) is 24.9. The summed E-state index contributed by atoms with van der Waals surface area (Å²) in [6.07, 6.45) is 4.17. The van der Waals surface area contributed by atoms with Crippen LogP contribution in [0.3, 0.4) is 0 Å². The van der Waals surface area contributed by atoms with E-state index in [-0.39, 0.29) is 18.7 Å². The lowest BCUT2D eigenvalue weighted by atomic mass is 10.0. The standard InChI is InChI=1S/C15H26N2O4/c1-3-5-8-17(11-6-7-11)15(20)16(4-2)13-10-21-9-12(13)14(18)19/h11-13H,3-10H2,1-2H3,(H,18,19). The number of carbonyl (C=O) groups excluding carboxylic acids is 1. The fraction of sp³-hybridized carbons (Fsp3) is 0.867. The van der Waals surface area contributed by atoms with E-state index in [4.69, 9.17) is 4.74 Å². The van der Waals surface area contributed by atoms with Crippen LogP contribution in [0, 0.1) is 5.92 Å². The summed E-state index contributed by atoms with van der Waals surface area (Å²) in [5.41, 5.74) is 0. The minimum Gasteiger partial charge on any atom is -0.481 e. The highest BCUT2D eigenvalue weighted by Crippen LogP contribution is 2.30. The van der Waals surface area contributed by atoms with Gasteiger partial charge in [0.1, 0.15) is 5.92 Å². The first-order chi connectivity index (χ1) is 10.1. The zero-order valence-corrected chi connectivity index (χ0v) is 13.0. The average Bonchev–Trinajstić information content (AvgIpc) is 3.17. The maximum Gasteiger partial charge on any atom is 0.320 e. The van der Waals surface area contributed by atoms with Gasteiger partial charge in [-0.05, 0) is 26.2 Å². The van der Waals surface area contributed by atoms with Crippen LogP contribution >= 0.6 is 0 Å². The van der Waals surface area contributed by atoms with Crippen LogP contribution in [0.4, 0.5) is 4.79 Å². The third kappa shape index (κ3) is 3.67. The summed E-state index contributed by atoms with van der Waals surface area (Å²) in [6, 6.07) is -0.0122. The van der Waals surface area contributed by atoms with Crippen molar-refractivity contribution in [3.63, 3.8) is 0 Å². The molecule has 0 spiro atoms. The molecule has 1 saturated carbocycles. The molecule has 0 aromatic rings. The van der Waals surface area contributed by atoms with Gasteiger partial charge in [-0.2, -0.15) is 0 Å². The summed E-state index contributed by atoms with van der Waals surface area (Å²) in [7, 11) is 0. The number of hydrogen-bond donors (Lipinski definition) is 1. The van der Waals surface area contributed by atoms with Gasteiger partial charge in [-0.1, -0.05) is 13.3 Å². The molecule has 0 aromatic carbocycles. The quantitative estimate of drug-likeness (QED) is 0.778. The molecule has 2 amide bonds. The molecule has 21 heavy (non-hydrogen) atoms. The van der Waals surface area contributed by atoms with Gasteiger partial charge in [0.2, 0.25) is 0 Å². The van der Waals surface area contributed by atoms with Gasteiger partial charge >= 0.3 is 12.0 Å². The number of carboxylic acid groups (broad SMARTS) is 1. The molecule has 1 N–H and O–H groups in total. The molecule has 1 aliphatic carbocycles. The van der Waals surface area contributed by atoms with E-state index in [0.29, 0.717) is 19.2 Å². The molecule has 1 heterocycles. The highest BCUT2D eigenvalue weighted by Gasteiger charge is 2.42. The molecule has 0 radical (unpaired) electrons. The summed E-state index contributed by atoms with van der Waals surface area (Å²) >= 11 is 0. The van der Waals surface area contributed by atoms with E-state index in [1.807, 2.05) is 11.8 Å². The van der Waals surface area contributed by atoms with Gasteiger partial charge in [0.25, 0.3) is 0 Å². The summed E-state index contributed by atoms with van der Waals surface area (Å²) in [5.74, 6) is -1.49. The van der Waals surface area contributed by atoms with Crippen molar-refractivity contribution in [2.24, 2.45) is 5.92 Å². The van der Waals surface area contributed by atoms with Gasteiger partial charge in [0.15, 0.2) is 0 Å². The molecule has 0 aromatic heterocycles. The summed E-state index contributed by atoms with van der Waals surface area (Å²) in [6.45, 7) is 5.82. The Morgan fingerprint density at radius 3 is 2.43 bits per heavy atom. The van der Waals surface area contributed by atoms with E-state index >= 15 is 0 Å². The lowest BCUT2D eigenvalue weighted by Gasteiger charge is -2.35. The van der Waals surface area contributed by atoms with Crippen LogP contribution in [0.15, 0.2) is 0 Å². The van der Waals surface area contributed by atoms with Crippen LogP contribution < -0.4 is 0 Å². The van der Waals surface area contributed by atoms with Gasteiger partial charge in [0, 0.05) is 19.1 Å². The number of likely N-dealkylation sites (N-methyl/N-ethyl adjacent to an activating group) is 1. The van der Waals surface area contributed by atoms with Crippen molar-refractivity contribution in [3.8, 4) is 0 Å². The second kappa shape index (κ2) is 7.11. The first kappa shape index (κ1) is 16.1. The molecule has 2 atom stereocenters. The van der Waals surface area contributed by atoms with Crippen LogP contribution in [0.1, 0.15) is 39.5 Å². The SMILES string of the molecule is CCCCN(C(=O)N(CC)C1COCC1C(=O)O)C1CC1. The second-order valence-corrected chi connectivity index (χ2v) is 5.90. The fourth-order valence-corrected chi connectivity index (χ4v) is 2.91. The topological polar surface area (TPSA) is 70.1 Å². The molecule has 1 saturated heterocycles. The molecule has 2 unspecified atom stereocenters. The maximum absolute atomic E-state index is 12.8. The van der Waals surface area contributed by atoms with E-state index in [9.17, 15) is 14.7 Å². The molecule has 6 nitrogen and oxygen atoms in total. The number of amides is 2. The average molecular weight is 298 g/mol. The first-order valence-electron chi connectivity index (χ1n) is 7.97. The second-order valence-electron chi connectivity index (χ2n) is 5.90. The third-order valence-corrected chi connectivity index (χ3v) is 4.34. The number of ether oxygens (including phenoxy) is 1. The van der Waals surface area contributed by atoms with E-state index in [1.165, 1.54) is 0 Å². The number of rotatable bonds is 7.